The zero-order chi connectivity index (χ0) is 7.72. The smallest absolute Gasteiger partial charge is 0.230 e. The first kappa shape index (κ1) is 7.54. The van der Waals surface area contributed by atoms with Crippen LogP contribution >= 0.6 is 11.6 Å². The third-order valence-corrected chi connectivity index (χ3v) is 1.73. The van der Waals surface area contributed by atoms with Gasteiger partial charge in [-0.1, -0.05) is 11.6 Å². The Morgan fingerprint density at radius 1 is 1.70 bits per heavy atom. The van der Waals surface area contributed by atoms with E-state index in [0.29, 0.717) is 12.2 Å². The van der Waals surface area contributed by atoms with Gasteiger partial charge in [0.05, 0.1) is 5.69 Å². The first-order chi connectivity index (χ1) is 4.66. The summed E-state index contributed by atoms with van der Waals surface area (Å²) in [7, 11) is 0. The lowest BCUT2D eigenvalue weighted by Gasteiger charge is -1.92. The van der Waals surface area contributed by atoms with Gasteiger partial charge in [-0.2, -0.15) is 9.49 Å². The van der Waals surface area contributed by atoms with Crippen molar-refractivity contribution in [2.45, 2.75) is 20.4 Å². The summed E-state index contributed by atoms with van der Waals surface area (Å²) in [6.45, 7) is 4.00. The summed E-state index contributed by atoms with van der Waals surface area (Å²) in [5.41, 5.74) is 0.543. The Balaban J connectivity index is 3.17. The van der Waals surface area contributed by atoms with Crippen molar-refractivity contribution >= 4 is 11.6 Å². The van der Waals surface area contributed by atoms with E-state index in [0.717, 1.165) is 0 Å². The topological polar surface area (TPSA) is 17.8 Å². The number of hydrogen-bond donors (Lipinski definition) is 0. The van der Waals surface area contributed by atoms with Gasteiger partial charge in [0.25, 0.3) is 0 Å². The van der Waals surface area contributed by atoms with E-state index in [1.54, 1.807) is 6.92 Å². The Morgan fingerprint density at radius 3 is 2.50 bits per heavy atom. The Morgan fingerprint density at radius 2 is 2.30 bits per heavy atom. The van der Waals surface area contributed by atoms with Crippen molar-refractivity contribution in [2.24, 2.45) is 0 Å². The van der Waals surface area contributed by atoms with E-state index in [4.69, 9.17) is 11.6 Å². The van der Waals surface area contributed by atoms with E-state index in [9.17, 15) is 4.39 Å². The van der Waals surface area contributed by atoms with Gasteiger partial charge < -0.3 is 0 Å². The first-order valence-corrected chi connectivity index (χ1v) is 3.43. The van der Waals surface area contributed by atoms with E-state index in [1.165, 1.54) is 4.68 Å². The molecule has 0 aliphatic rings. The maximum Gasteiger partial charge on any atom is 0.230 e. The summed E-state index contributed by atoms with van der Waals surface area (Å²) in [6.07, 6.45) is 0. The molecule has 0 N–H and O–H groups in total. The van der Waals surface area contributed by atoms with Crippen molar-refractivity contribution in [3.8, 4) is 0 Å². The standard InChI is InChI=1S/C6H8ClFN2/c1-3-10-6(8)5(7)4(2)9-10/h3H2,1-2H3. The van der Waals surface area contributed by atoms with Crippen molar-refractivity contribution in [1.82, 2.24) is 9.78 Å². The largest absolute Gasteiger partial charge is 0.238 e. The van der Waals surface area contributed by atoms with Crippen LogP contribution in [0, 0.1) is 12.9 Å². The lowest BCUT2D eigenvalue weighted by Crippen LogP contribution is -1.99. The van der Waals surface area contributed by atoms with Crippen LogP contribution in [-0.4, -0.2) is 9.78 Å². The molecule has 0 spiro atoms. The summed E-state index contributed by atoms with van der Waals surface area (Å²) >= 11 is 5.52. The average Bonchev–Trinajstić information content (AvgIpc) is 2.17. The molecule has 1 rings (SSSR count). The van der Waals surface area contributed by atoms with Gasteiger partial charge in [0.1, 0.15) is 5.02 Å². The minimum absolute atomic E-state index is 0.127. The number of halogens is 2. The second-order valence-electron chi connectivity index (χ2n) is 2.01. The van der Waals surface area contributed by atoms with Crippen LogP contribution in [0.2, 0.25) is 5.02 Å². The molecule has 0 saturated carbocycles. The fourth-order valence-electron chi connectivity index (χ4n) is 0.741. The molecular weight excluding hydrogens is 155 g/mol. The molecule has 10 heavy (non-hydrogen) atoms. The Hall–Kier alpha value is -0.570. The molecule has 0 amide bonds. The third-order valence-electron chi connectivity index (χ3n) is 1.30. The van der Waals surface area contributed by atoms with E-state index in [2.05, 4.69) is 5.10 Å². The van der Waals surface area contributed by atoms with E-state index in [-0.39, 0.29) is 5.02 Å². The molecule has 0 saturated heterocycles. The van der Waals surface area contributed by atoms with Crippen molar-refractivity contribution in [2.75, 3.05) is 0 Å². The maximum atomic E-state index is 12.8. The monoisotopic (exact) mass is 162 g/mol. The van der Waals surface area contributed by atoms with Gasteiger partial charge in [0.2, 0.25) is 5.95 Å². The number of rotatable bonds is 1. The summed E-state index contributed by atoms with van der Waals surface area (Å²) in [6, 6.07) is 0. The molecule has 0 atom stereocenters. The highest BCUT2D eigenvalue weighted by Gasteiger charge is 2.10. The SMILES string of the molecule is CCn1nc(C)c(Cl)c1F. The summed E-state index contributed by atoms with van der Waals surface area (Å²) in [5, 5.41) is 3.96. The van der Waals surface area contributed by atoms with Crippen LogP contribution in [-0.2, 0) is 6.54 Å². The van der Waals surface area contributed by atoms with E-state index < -0.39 is 5.95 Å². The normalized spacial score (nSPS) is 10.4. The summed E-state index contributed by atoms with van der Waals surface area (Å²) in [5.74, 6) is -0.443. The van der Waals surface area contributed by atoms with Gasteiger partial charge in [-0.3, -0.25) is 0 Å². The van der Waals surface area contributed by atoms with Gasteiger partial charge in [-0.05, 0) is 13.8 Å². The quantitative estimate of drug-likeness (QED) is 0.618. The van der Waals surface area contributed by atoms with Gasteiger partial charge in [0, 0.05) is 6.54 Å². The van der Waals surface area contributed by atoms with Crippen molar-refractivity contribution in [1.29, 1.82) is 0 Å². The predicted molar refractivity (Wildman–Crippen MR) is 37.6 cm³/mol. The van der Waals surface area contributed by atoms with Crippen LogP contribution in [0.25, 0.3) is 0 Å². The highest BCUT2D eigenvalue weighted by atomic mass is 35.5. The fraction of sp³-hybridized carbons (Fsp3) is 0.500. The molecule has 0 unspecified atom stereocenters. The number of aryl methyl sites for hydroxylation is 2. The molecule has 0 aromatic carbocycles. The van der Waals surface area contributed by atoms with Crippen LogP contribution in [0.5, 0.6) is 0 Å². The molecule has 0 aliphatic heterocycles. The lowest BCUT2D eigenvalue weighted by atomic mass is 10.5. The second-order valence-corrected chi connectivity index (χ2v) is 2.38. The third kappa shape index (κ3) is 1.01. The Labute approximate surface area is 63.6 Å². The summed E-state index contributed by atoms with van der Waals surface area (Å²) in [4.78, 5) is 0. The molecule has 0 fully saturated rings. The summed E-state index contributed by atoms with van der Waals surface area (Å²) < 4.78 is 14.0. The van der Waals surface area contributed by atoms with Crippen molar-refractivity contribution < 1.29 is 4.39 Å². The molecule has 56 valence electrons. The molecule has 1 aromatic rings. The lowest BCUT2D eigenvalue weighted by molar-refractivity contribution is 0.470. The number of nitrogens with zero attached hydrogens (tertiary/aromatic N) is 2. The number of aromatic nitrogens is 2. The molecule has 0 bridgehead atoms. The minimum atomic E-state index is -0.443. The predicted octanol–water partition coefficient (Wildman–Crippen LogP) is 2.00. The van der Waals surface area contributed by atoms with Crippen LogP contribution in [0.15, 0.2) is 0 Å². The van der Waals surface area contributed by atoms with Crippen LogP contribution < -0.4 is 0 Å². The van der Waals surface area contributed by atoms with E-state index >= 15 is 0 Å². The van der Waals surface area contributed by atoms with Crippen LogP contribution in [0.3, 0.4) is 0 Å². The molecular formula is C6H8ClFN2. The van der Waals surface area contributed by atoms with Gasteiger partial charge in [0.15, 0.2) is 0 Å². The molecule has 2 nitrogen and oxygen atoms in total. The molecule has 0 radical (unpaired) electrons. The molecule has 1 aromatic heterocycles. The zero-order valence-corrected chi connectivity index (χ0v) is 6.61. The van der Waals surface area contributed by atoms with E-state index in [1.807, 2.05) is 6.92 Å². The van der Waals surface area contributed by atoms with Crippen molar-refractivity contribution in [3.63, 3.8) is 0 Å². The molecule has 1 heterocycles. The fourth-order valence-corrected chi connectivity index (χ4v) is 0.876. The first-order valence-electron chi connectivity index (χ1n) is 3.05. The Bertz CT molecular complexity index is 244. The highest BCUT2D eigenvalue weighted by molar-refractivity contribution is 6.31. The van der Waals surface area contributed by atoms with Crippen LogP contribution in [0.1, 0.15) is 12.6 Å². The molecule has 4 heteroatoms. The molecule has 0 aliphatic carbocycles. The average molecular weight is 163 g/mol. The van der Waals surface area contributed by atoms with Crippen molar-refractivity contribution in [3.05, 3.63) is 16.7 Å². The Kier molecular flexibility index (Phi) is 1.94. The zero-order valence-electron chi connectivity index (χ0n) is 5.86. The minimum Gasteiger partial charge on any atom is -0.238 e. The maximum absolute atomic E-state index is 12.8. The van der Waals surface area contributed by atoms with Gasteiger partial charge in [-0.15, -0.1) is 0 Å². The highest BCUT2D eigenvalue weighted by Crippen LogP contribution is 2.17. The van der Waals surface area contributed by atoms with Gasteiger partial charge >= 0.3 is 0 Å². The van der Waals surface area contributed by atoms with Crippen LogP contribution in [0.4, 0.5) is 4.39 Å². The number of hydrogen-bond acceptors (Lipinski definition) is 1. The van der Waals surface area contributed by atoms with Gasteiger partial charge in [-0.25, -0.2) is 4.68 Å². The second kappa shape index (κ2) is 2.58.